The SMILES string of the molecule is COc1ccc(N=CC2C(=O)NCc3cc(Br)ccc32)cc1O. The molecule has 6 heteroatoms. The third kappa shape index (κ3) is 3.22. The van der Waals surface area contributed by atoms with Crippen LogP contribution in [-0.2, 0) is 11.3 Å². The van der Waals surface area contributed by atoms with Gasteiger partial charge in [-0.2, -0.15) is 0 Å². The number of aliphatic imine (C=N–C) groups is 1. The number of hydrogen-bond donors (Lipinski definition) is 2. The lowest BCUT2D eigenvalue weighted by atomic mass is 9.91. The van der Waals surface area contributed by atoms with Crippen LogP contribution in [0.4, 0.5) is 5.69 Å². The first-order chi connectivity index (χ1) is 11.1. The van der Waals surface area contributed by atoms with Crippen LogP contribution in [-0.4, -0.2) is 24.3 Å². The quantitative estimate of drug-likeness (QED) is 0.809. The van der Waals surface area contributed by atoms with Gasteiger partial charge in [-0.1, -0.05) is 22.0 Å². The van der Waals surface area contributed by atoms with Crippen LogP contribution in [0, 0.1) is 0 Å². The highest BCUT2D eigenvalue weighted by atomic mass is 79.9. The summed E-state index contributed by atoms with van der Waals surface area (Å²) in [5.74, 6) is -0.133. The van der Waals surface area contributed by atoms with Gasteiger partial charge in [0.1, 0.15) is 0 Å². The molecule has 0 spiro atoms. The van der Waals surface area contributed by atoms with Crippen molar-refractivity contribution < 1.29 is 14.6 Å². The van der Waals surface area contributed by atoms with Crippen LogP contribution >= 0.6 is 15.9 Å². The molecule has 0 aromatic heterocycles. The van der Waals surface area contributed by atoms with Crippen molar-refractivity contribution in [2.75, 3.05) is 7.11 Å². The number of nitrogens with zero attached hydrogens (tertiary/aromatic N) is 1. The van der Waals surface area contributed by atoms with E-state index in [4.69, 9.17) is 4.74 Å². The van der Waals surface area contributed by atoms with E-state index in [2.05, 4.69) is 26.2 Å². The van der Waals surface area contributed by atoms with Crippen LogP contribution < -0.4 is 10.1 Å². The Morgan fingerprint density at radius 2 is 2.17 bits per heavy atom. The molecule has 3 rings (SSSR count). The first-order valence-corrected chi connectivity index (χ1v) is 7.85. The van der Waals surface area contributed by atoms with E-state index < -0.39 is 5.92 Å². The van der Waals surface area contributed by atoms with Crippen molar-refractivity contribution in [3.05, 3.63) is 52.0 Å². The minimum Gasteiger partial charge on any atom is -0.504 e. The first kappa shape index (κ1) is 15.6. The van der Waals surface area contributed by atoms with Gasteiger partial charge in [-0.05, 0) is 35.4 Å². The molecule has 0 saturated carbocycles. The largest absolute Gasteiger partial charge is 0.504 e. The summed E-state index contributed by atoms with van der Waals surface area (Å²) >= 11 is 3.44. The summed E-state index contributed by atoms with van der Waals surface area (Å²) < 4.78 is 5.97. The fraction of sp³-hybridized carbons (Fsp3) is 0.176. The second-order valence-electron chi connectivity index (χ2n) is 5.17. The Hall–Kier alpha value is -2.34. The van der Waals surface area contributed by atoms with Gasteiger partial charge < -0.3 is 15.2 Å². The Morgan fingerprint density at radius 1 is 1.35 bits per heavy atom. The summed E-state index contributed by atoms with van der Waals surface area (Å²) in [7, 11) is 1.49. The highest BCUT2D eigenvalue weighted by Gasteiger charge is 2.26. The molecule has 0 bridgehead atoms. The highest BCUT2D eigenvalue weighted by Crippen LogP contribution is 2.31. The molecular weight excluding hydrogens is 360 g/mol. The van der Waals surface area contributed by atoms with E-state index in [1.807, 2.05) is 18.2 Å². The number of carbonyl (C=O) groups excluding carboxylic acids is 1. The number of phenolic OH excluding ortho intramolecular Hbond substituents is 1. The van der Waals surface area contributed by atoms with E-state index in [0.29, 0.717) is 18.0 Å². The van der Waals surface area contributed by atoms with Crippen molar-refractivity contribution in [1.82, 2.24) is 5.32 Å². The molecule has 0 radical (unpaired) electrons. The fourth-order valence-corrected chi connectivity index (χ4v) is 2.94. The topological polar surface area (TPSA) is 70.9 Å². The molecule has 2 aromatic rings. The van der Waals surface area contributed by atoms with E-state index >= 15 is 0 Å². The smallest absolute Gasteiger partial charge is 0.233 e. The molecule has 23 heavy (non-hydrogen) atoms. The number of benzene rings is 2. The van der Waals surface area contributed by atoms with Gasteiger partial charge in [0.15, 0.2) is 11.5 Å². The maximum absolute atomic E-state index is 12.1. The van der Waals surface area contributed by atoms with Gasteiger partial charge in [0.25, 0.3) is 0 Å². The summed E-state index contributed by atoms with van der Waals surface area (Å²) in [6, 6.07) is 10.7. The zero-order chi connectivity index (χ0) is 16.4. The predicted molar refractivity (Wildman–Crippen MR) is 91.5 cm³/mol. The van der Waals surface area contributed by atoms with E-state index in [1.165, 1.54) is 13.2 Å². The van der Waals surface area contributed by atoms with Crippen molar-refractivity contribution in [2.24, 2.45) is 4.99 Å². The maximum Gasteiger partial charge on any atom is 0.233 e. The van der Waals surface area contributed by atoms with E-state index in [-0.39, 0.29) is 11.7 Å². The second kappa shape index (κ2) is 6.42. The zero-order valence-electron chi connectivity index (χ0n) is 12.4. The molecule has 2 aromatic carbocycles. The lowest BCUT2D eigenvalue weighted by Crippen LogP contribution is -2.35. The lowest BCUT2D eigenvalue weighted by molar-refractivity contribution is -0.121. The monoisotopic (exact) mass is 374 g/mol. The molecule has 1 amide bonds. The molecule has 118 valence electrons. The van der Waals surface area contributed by atoms with Crippen LogP contribution in [0.3, 0.4) is 0 Å². The number of nitrogens with one attached hydrogen (secondary N) is 1. The molecule has 0 fully saturated rings. The predicted octanol–water partition coefficient (Wildman–Crippen LogP) is 3.28. The minimum atomic E-state index is -0.448. The van der Waals surface area contributed by atoms with Crippen molar-refractivity contribution >= 4 is 33.7 Å². The summed E-state index contributed by atoms with van der Waals surface area (Å²) in [5.41, 5.74) is 2.56. The molecule has 5 nitrogen and oxygen atoms in total. The van der Waals surface area contributed by atoms with Crippen molar-refractivity contribution in [1.29, 1.82) is 0 Å². The molecule has 1 unspecified atom stereocenters. The standard InChI is InChI=1S/C17H15BrN2O3/c1-23-16-5-3-12(7-15(16)21)19-9-14-13-4-2-11(18)6-10(13)8-20-17(14)22/h2-7,9,14,21H,8H2,1H3,(H,20,22). The Labute approximate surface area is 142 Å². The molecule has 1 aliphatic rings. The molecule has 2 N–H and O–H groups in total. The third-order valence-corrected chi connectivity index (χ3v) is 4.20. The third-order valence-electron chi connectivity index (χ3n) is 3.71. The number of aromatic hydroxyl groups is 1. The molecule has 1 aliphatic heterocycles. The van der Waals surface area contributed by atoms with Crippen molar-refractivity contribution in [3.8, 4) is 11.5 Å². The van der Waals surface area contributed by atoms with E-state index in [9.17, 15) is 9.90 Å². The number of carbonyl (C=O) groups is 1. The van der Waals surface area contributed by atoms with Gasteiger partial charge in [0.05, 0.1) is 18.7 Å². The number of rotatable bonds is 3. The average molecular weight is 375 g/mol. The summed E-state index contributed by atoms with van der Waals surface area (Å²) in [4.78, 5) is 16.5. The van der Waals surface area contributed by atoms with Crippen LogP contribution in [0.2, 0.25) is 0 Å². The number of fused-ring (bicyclic) bond motifs is 1. The molecule has 0 aliphatic carbocycles. The fourth-order valence-electron chi connectivity index (χ4n) is 2.53. The lowest BCUT2D eigenvalue weighted by Gasteiger charge is -2.23. The summed E-state index contributed by atoms with van der Waals surface area (Å²) in [6.45, 7) is 0.515. The normalized spacial score (nSPS) is 17.0. The Kier molecular flexibility index (Phi) is 4.34. The zero-order valence-corrected chi connectivity index (χ0v) is 14.0. The summed E-state index contributed by atoms with van der Waals surface area (Å²) in [5, 5.41) is 12.6. The number of hydrogen-bond acceptors (Lipinski definition) is 4. The molecule has 0 saturated heterocycles. The summed E-state index contributed by atoms with van der Waals surface area (Å²) in [6.07, 6.45) is 1.60. The van der Waals surface area contributed by atoms with E-state index in [0.717, 1.165) is 15.6 Å². The number of halogens is 1. The van der Waals surface area contributed by atoms with Crippen molar-refractivity contribution in [3.63, 3.8) is 0 Å². The van der Waals surface area contributed by atoms with Gasteiger partial charge in [-0.25, -0.2) is 0 Å². The Morgan fingerprint density at radius 3 is 2.91 bits per heavy atom. The number of ether oxygens (including phenoxy) is 1. The van der Waals surface area contributed by atoms with Crippen LogP contribution in [0.25, 0.3) is 0 Å². The van der Waals surface area contributed by atoms with Gasteiger partial charge in [-0.15, -0.1) is 0 Å². The highest BCUT2D eigenvalue weighted by molar-refractivity contribution is 9.10. The van der Waals surface area contributed by atoms with Gasteiger partial charge >= 0.3 is 0 Å². The van der Waals surface area contributed by atoms with Gasteiger partial charge in [0, 0.05) is 23.3 Å². The average Bonchev–Trinajstić information content (AvgIpc) is 2.54. The van der Waals surface area contributed by atoms with Crippen LogP contribution in [0.1, 0.15) is 17.0 Å². The van der Waals surface area contributed by atoms with Gasteiger partial charge in [-0.3, -0.25) is 9.79 Å². The minimum absolute atomic E-state index is 0.0135. The maximum atomic E-state index is 12.1. The molecule has 1 heterocycles. The number of phenols is 1. The number of methoxy groups -OCH3 is 1. The van der Waals surface area contributed by atoms with Crippen molar-refractivity contribution in [2.45, 2.75) is 12.5 Å². The van der Waals surface area contributed by atoms with Crippen LogP contribution in [0.5, 0.6) is 11.5 Å². The Bertz CT molecular complexity index is 789. The molecular formula is C17H15BrN2O3. The van der Waals surface area contributed by atoms with E-state index in [1.54, 1.807) is 18.3 Å². The number of amides is 1. The second-order valence-corrected chi connectivity index (χ2v) is 6.09. The van der Waals surface area contributed by atoms with Crippen LogP contribution in [0.15, 0.2) is 45.9 Å². The molecule has 1 atom stereocenters. The Balaban J connectivity index is 1.90. The first-order valence-electron chi connectivity index (χ1n) is 7.05. The van der Waals surface area contributed by atoms with Gasteiger partial charge in [0.2, 0.25) is 5.91 Å².